The number of aryl methyl sites for hydroxylation is 1. The molecule has 10 nitrogen and oxygen atoms in total. The first kappa shape index (κ1) is 22.1. The van der Waals surface area contributed by atoms with Gasteiger partial charge in [-0.3, -0.25) is 9.48 Å². The number of fused-ring (bicyclic) bond motifs is 1. The van der Waals surface area contributed by atoms with E-state index in [0.29, 0.717) is 29.8 Å². The molecule has 176 valence electrons. The van der Waals surface area contributed by atoms with Crippen LogP contribution >= 0.6 is 0 Å². The molecule has 0 aliphatic rings. The third-order valence-corrected chi connectivity index (χ3v) is 5.30. The van der Waals surface area contributed by atoms with Crippen LogP contribution in [0.25, 0.3) is 22.6 Å². The molecule has 0 atom stereocenters. The summed E-state index contributed by atoms with van der Waals surface area (Å²) in [5, 5.41) is 10.6. The summed E-state index contributed by atoms with van der Waals surface area (Å²) < 4.78 is 7.64. The Kier molecular flexibility index (Phi) is 5.84. The van der Waals surface area contributed by atoms with Crippen LogP contribution < -0.4 is 10.6 Å². The predicted molar refractivity (Wildman–Crippen MR) is 133 cm³/mol. The second-order valence-corrected chi connectivity index (χ2v) is 8.22. The van der Waals surface area contributed by atoms with Crippen LogP contribution in [0.4, 0.5) is 17.5 Å². The Hall–Kier alpha value is -4.73. The van der Waals surface area contributed by atoms with E-state index >= 15 is 0 Å². The predicted octanol–water partition coefficient (Wildman–Crippen LogP) is 4.08. The van der Waals surface area contributed by atoms with E-state index in [0.717, 1.165) is 27.9 Å². The SMILES string of the molecule is CN(C)C(=O)c1cnc(NCc2cnn(C)c2)nc1Nc1cccc(-c2nc3ccccc3o2)c1. The lowest BCUT2D eigenvalue weighted by atomic mass is 10.2. The van der Waals surface area contributed by atoms with Gasteiger partial charge < -0.3 is 20.0 Å². The van der Waals surface area contributed by atoms with Gasteiger partial charge in [0.05, 0.1) is 6.20 Å². The molecule has 10 heteroatoms. The van der Waals surface area contributed by atoms with Crippen LogP contribution in [0.3, 0.4) is 0 Å². The number of amides is 1. The van der Waals surface area contributed by atoms with Gasteiger partial charge in [-0.25, -0.2) is 9.97 Å². The monoisotopic (exact) mass is 468 g/mol. The van der Waals surface area contributed by atoms with E-state index < -0.39 is 0 Å². The zero-order valence-electron chi connectivity index (χ0n) is 19.6. The van der Waals surface area contributed by atoms with Gasteiger partial charge in [0.25, 0.3) is 5.91 Å². The molecular weight excluding hydrogens is 444 g/mol. The molecule has 5 rings (SSSR count). The summed E-state index contributed by atoms with van der Waals surface area (Å²) in [4.78, 5) is 27.8. The first-order valence-corrected chi connectivity index (χ1v) is 11.0. The Morgan fingerprint density at radius 1 is 1.09 bits per heavy atom. The number of hydrogen-bond donors (Lipinski definition) is 2. The van der Waals surface area contributed by atoms with Gasteiger partial charge in [-0.2, -0.15) is 10.1 Å². The van der Waals surface area contributed by atoms with Crippen LogP contribution in [-0.2, 0) is 13.6 Å². The molecule has 0 unspecified atom stereocenters. The lowest BCUT2D eigenvalue weighted by Gasteiger charge is -2.16. The maximum atomic E-state index is 12.8. The van der Waals surface area contributed by atoms with Crippen molar-refractivity contribution in [2.75, 3.05) is 24.7 Å². The second-order valence-electron chi connectivity index (χ2n) is 8.22. The minimum absolute atomic E-state index is 0.207. The lowest BCUT2D eigenvalue weighted by Crippen LogP contribution is -2.23. The summed E-state index contributed by atoms with van der Waals surface area (Å²) in [5.74, 6) is 1.09. The molecule has 0 spiro atoms. The number of anilines is 3. The number of rotatable bonds is 7. The molecule has 0 radical (unpaired) electrons. The smallest absolute Gasteiger partial charge is 0.258 e. The summed E-state index contributed by atoms with van der Waals surface area (Å²) >= 11 is 0. The molecule has 0 aliphatic heterocycles. The third-order valence-electron chi connectivity index (χ3n) is 5.30. The van der Waals surface area contributed by atoms with Crippen molar-refractivity contribution >= 4 is 34.5 Å². The van der Waals surface area contributed by atoms with Crippen molar-refractivity contribution in [2.24, 2.45) is 7.05 Å². The van der Waals surface area contributed by atoms with Crippen LogP contribution in [0, 0.1) is 0 Å². The number of oxazole rings is 1. The van der Waals surface area contributed by atoms with Gasteiger partial charge in [0, 0.05) is 56.9 Å². The molecule has 2 N–H and O–H groups in total. The largest absolute Gasteiger partial charge is 0.436 e. The third kappa shape index (κ3) is 4.81. The fraction of sp³-hybridized carbons (Fsp3) is 0.160. The van der Waals surface area contributed by atoms with E-state index in [4.69, 9.17) is 4.42 Å². The zero-order chi connectivity index (χ0) is 24.4. The van der Waals surface area contributed by atoms with Crippen molar-refractivity contribution in [1.29, 1.82) is 0 Å². The first-order valence-electron chi connectivity index (χ1n) is 11.0. The minimum Gasteiger partial charge on any atom is -0.436 e. The summed E-state index contributed by atoms with van der Waals surface area (Å²) in [5.41, 5.74) is 4.39. The molecule has 0 saturated heterocycles. The minimum atomic E-state index is -0.207. The van der Waals surface area contributed by atoms with Crippen molar-refractivity contribution < 1.29 is 9.21 Å². The van der Waals surface area contributed by atoms with E-state index in [1.165, 1.54) is 11.1 Å². The van der Waals surface area contributed by atoms with Gasteiger partial charge in [-0.05, 0) is 30.3 Å². The topological polar surface area (TPSA) is 114 Å². The molecule has 5 aromatic rings. The van der Waals surface area contributed by atoms with E-state index in [1.807, 2.05) is 61.8 Å². The standard InChI is InChI=1S/C25H24N8O2/c1-32(2)24(34)19-14-27-25(26-12-16-13-28-33(3)15-16)31-22(19)29-18-8-6-7-17(11-18)23-30-20-9-4-5-10-21(20)35-23/h4-11,13-15H,12H2,1-3H3,(H2,26,27,29,31). The summed E-state index contributed by atoms with van der Waals surface area (Å²) in [7, 11) is 5.24. The Labute approximate surface area is 201 Å². The highest BCUT2D eigenvalue weighted by atomic mass is 16.3. The Morgan fingerprint density at radius 3 is 2.71 bits per heavy atom. The van der Waals surface area contributed by atoms with Crippen LogP contribution in [0.1, 0.15) is 15.9 Å². The molecule has 0 fully saturated rings. The van der Waals surface area contributed by atoms with Crippen LogP contribution in [-0.4, -0.2) is 49.6 Å². The van der Waals surface area contributed by atoms with Gasteiger partial charge in [-0.15, -0.1) is 0 Å². The number of nitrogens with one attached hydrogen (secondary N) is 2. The highest BCUT2D eigenvalue weighted by Crippen LogP contribution is 2.28. The Morgan fingerprint density at radius 2 is 1.94 bits per heavy atom. The number of benzene rings is 2. The Bertz CT molecular complexity index is 1470. The first-order chi connectivity index (χ1) is 17.0. The average molecular weight is 469 g/mol. The van der Waals surface area contributed by atoms with Crippen LogP contribution in [0.15, 0.2) is 71.5 Å². The summed E-state index contributed by atoms with van der Waals surface area (Å²) in [6.45, 7) is 0.501. The molecule has 3 aromatic heterocycles. The number of hydrogen-bond acceptors (Lipinski definition) is 8. The highest BCUT2D eigenvalue weighted by Gasteiger charge is 2.17. The van der Waals surface area contributed by atoms with Gasteiger partial charge in [0.15, 0.2) is 5.58 Å². The summed E-state index contributed by atoms with van der Waals surface area (Å²) in [6, 6.07) is 15.2. The molecule has 0 saturated carbocycles. The number of nitrogens with zero attached hydrogens (tertiary/aromatic N) is 6. The molecule has 1 amide bonds. The lowest BCUT2D eigenvalue weighted by molar-refractivity contribution is 0.0828. The molecule has 0 aliphatic carbocycles. The molecular formula is C25H24N8O2. The Balaban J connectivity index is 1.44. The van der Waals surface area contributed by atoms with Gasteiger partial charge >= 0.3 is 0 Å². The fourth-order valence-corrected chi connectivity index (χ4v) is 3.57. The van der Waals surface area contributed by atoms with Gasteiger partial charge in [0.2, 0.25) is 11.8 Å². The fourth-order valence-electron chi connectivity index (χ4n) is 3.57. The number of carbonyl (C=O) groups is 1. The zero-order valence-corrected chi connectivity index (χ0v) is 19.6. The quantitative estimate of drug-likeness (QED) is 0.367. The van der Waals surface area contributed by atoms with Crippen molar-refractivity contribution in [2.45, 2.75) is 6.54 Å². The van der Waals surface area contributed by atoms with Crippen molar-refractivity contribution in [3.05, 3.63) is 78.2 Å². The van der Waals surface area contributed by atoms with E-state index in [2.05, 4.69) is 30.7 Å². The second kappa shape index (κ2) is 9.26. The van der Waals surface area contributed by atoms with E-state index in [9.17, 15) is 4.79 Å². The summed E-state index contributed by atoms with van der Waals surface area (Å²) in [6.07, 6.45) is 5.20. The normalized spacial score (nSPS) is 10.9. The maximum absolute atomic E-state index is 12.8. The van der Waals surface area contributed by atoms with Crippen LogP contribution in [0.2, 0.25) is 0 Å². The number of para-hydroxylation sites is 2. The van der Waals surface area contributed by atoms with Gasteiger partial charge in [-0.1, -0.05) is 18.2 Å². The molecule has 0 bridgehead atoms. The molecule has 3 heterocycles. The van der Waals surface area contributed by atoms with E-state index in [1.54, 1.807) is 25.0 Å². The van der Waals surface area contributed by atoms with E-state index in [-0.39, 0.29) is 5.91 Å². The van der Waals surface area contributed by atoms with Crippen molar-refractivity contribution in [1.82, 2.24) is 29.6 Å². The number of aromatic nitrogens is 5. The maximum Gasteiger partial charge on any atom is 0.258 e. The molecule has 2 aromatic carbocycles. The molecule has 35 heavy (non-hydrogen) atoms. The van der Waals surface area contributed by atoms with Crippen molar-refractivity contribution in [3.63, 3.8) is 0 Å². The van der Waals surface area contributed by atoms with Gasteiger partial charge in [0.1, 0.15) is 16.9 Å². The highest BCUT2D eigenvalue weighted by molar-refractivity contribution is 5.99. The van der Waals surface area contributed by atoms with Crippen LogP contribution in [0.5, 0.6) is 0 Å². The number of carbonyl (C=O) groups excluding carboxylic acids is 1. The van der Waals surface area contributed by atoms with Crippen molar-refractivity contribution in [3.8, 4) is 11.5 Å². The average Bonchev–Trinajstić information content (AvgIpc) is 3.48.